The van der Waals surface area contributed by atoms with Crippen LogP contribution in [-0.2, 0) is 4.74 Å². The van der Waals surface area contributed by atoms with Gasteiger partial charge in [-0.25, -0.2) is 9.59 Å². The van der Waals surface area contributed by atoms with Gasteiger partial charge in [0.25, 0.3) is 0 Å². The van der Waals surface area contributed by atoms with Crippen LogP contribution in [0.1, 0.15) is 46.0 Å². The van der Waals surface area contributed by atoms with Crippen molar-refractivity contribution >= 4 is 22.7 Å². The fourth-order valence-corrected chi connectivity index (χ4v) is 3.08. The van der Waals surface area contributed by atoms with E-state index in [4.69, 9.17) is 13.9 Å². The molecule has 0 radical (unpaired) electrons. The van der Waals surface area contributed by atoms with Crippen LogP contribution in [0.25, 0.3) is 11.0 Å². The van der Waals surface area contributed by atoms with E-state index >= 15 is 0 Å². The lowest BCUT2D eigenvalue weighted by molar-refractivity contribution is 0.0525. The molecule has 0 saturated heterocycles. The molecule has 3 rings (SSSR count). The minimum atomic E-state index is -0.820. The molecular formula is C21H21NO6. The average molecular weight is 383 g/mol. The van der Waals surface area contributed by atoms with Crippen molar-refractivity contribution in [2.75, 3.05) is 6.61 Å². The molecule has 0 bridgehead atoms. The number of carbonyl (C=O) groups is 2. The van der Waals surface area contributed by atoms with E-state index in [1.165, 1.54) is 6.07 Å². The highest BCUT2D eigenvalue weighted by atomic mass is 16.5. The Morgan fingerprint density at radius 1 is 1.18 bits per heavy atom. The molecule has 0 aliphatic heterocycles. The van der Waals surface area contributed by atoms with Gasteiger partial charge in [0.2, 0.25) is 5.78 Å². The second-order valence-corrected chi connectivity index (χ2v) is 6.42. The molecule has 7 heteroatoms. The highest BCUT2D eigenvalue weighted by molar-refractivity contribution is 6.03. The van der Waals surface area contributed by atoms with Crippen LogP contribution in [0.4, 0.5) is 0 Å². The molecule has 0 amide bonds. The van der Waals surface area contributed by atoms with E-state index in [0.29, 0.717) is 33.8 Å². The molecule has 7 nitrogen and oxygen atoms in total. The summed E-state index contributed by atoms with van der Waals surface area (Å²) in [4.78, 5) is 39.3. The number of ketones is 1. The Labute approximate surface area is 161 Å². The van der Waals surface area contributed by atoms with Crippen molar-refractivity contribution in [3.63, 3.8) is 0 Å². The van der Waals surface area contributed by atoms with Crippen LogP contribution in [0.2, 0.25) is 0 Å². The summed E-state index contributed by atoms with van der Waals surface area (Å²) in [5, 5.41) is 0.751. The number of Topliss-reactive ketones (excluding diaryl/α,β-unsaturated/α-hetero) is 1. The number of aromatic nitrogens is 1. The third-order valence-electron chi connectivity index (χ3n) is 4.44. The number of hydrogen-bond donors (Lipinski definition) is 1. The number of rotatable bonds is 6. The van der Waals surface area contributed by atoms with Gasteiger partial charge < -0.3 is 18.9 Å². The Morgan fingerprint density at radius 3 is 2.61 bits per heavy atom. The average Bonchev–Trinajstić information content (AvgIpc) is 2.95. The standard InChI is InChI=1S/C21H21NO6/c1-5-26-21(25)18-11(2)19(22-12(18)3)20(24)13(4)27-15-8-6-14-7-9-17(23)28-16(14)10-15/h6-10,13,22H,5H2,1-4H3/t13-/m1/s1. The third-order valence-corrected chi connectivity index (χ3v) is 4.44. The number of aryl methyl sites for hydroxylation is 1. The lowest BCUT2D eigenvalue weighted by Crippen LogP contribution is -2.25. The molecule has 0 fully saturated rings. The van der Waals surface area contributed by atoms with Gasteiger partial charge in [-0.2, -0.15) is 0 Å². The zero-order valence-electron chi connectivity index (χ0n) is 16.1. The van der Waals surface area contributed by atoms with Crippen LogP contribution >= 0.6 is 0 Å². The Balaban J connectivity index is 1.84. The summed E-state index contributed by atoms with van der Waals surface area (Å²) < 4.78 is 15.9. The SMILES string of the molecule is CCOC(=O)c1c(C)[nH]c(C(=O)[C@@H](C)Oc2ccc3ccc(=O)oc3c2)c1C. The number of hydrogen-bond acceptors (Lipinski definition) is 6. The molecule has 0 aliphatic rings. The molecule has 28 heavy (non-hydrogen) atoms. The minimum absolute atomic E-state index is 0.254. The molecule has 1 aromatic carbocycles. The number of nitrogens with one attached hydrogen (secondary N) is 1. The maximum absolute atomic E-state index is 12.9. The molecule has 2 aromatic heterocycles. The number of ether oxygens (including phenoxy) is 2. The van der Waals surface area contributed by atoms with Crippen molar-refractivity contribution in [1.29, 1.82) is 0 Å². The van der Waals surface area contributed by atoms with Crippen LogP contribution in [0.15, 0.2) is 39.5 Å². The molecule has 0 aliphatic carbocycles. The second kappa shape index (κ2) is 7.72. The number of H-pyrrole nitrogens is 1. The van der Waals surface area contributed by atoms with E-state index in [-0.39, 0.29) is 12.4 Å². The molecule has 1 N–H and O–H groups in total. The number of benzene rings is 1. The normalized spacial score (nSPS) is 12.0. The summed E-state index contributed by atoms with van der Waals surface area (Å²) in [7, 11) is 0. The largest absolute Gasteiger partial charge is 0.482 e. The van der Waals surface area contributed by atoms with E-state index in [1.54, 1.807) is 52.0 Å². The summed E-state index contributed by atoms with van der Waals surface area (Å²) in [5.74, 6) is -0.370. The first-order valence-electron chi connectivity index (χ1n) is 8.93. The van der Waals surface area contributed by atoms with E-state index in [0.717, 1.165) is 5.39 Å². The summed E-state index contributed by atoms with van der Waals surface area (Å²) in [6.45, 7) is 7.01. The summed E-state index contributed by atoms with van der Waals surface area (Å²) in [6.07, 6.45) is -0.820. The first-order chi connectivity index (χ1) is 13.3. The summed E-state index contributed by atoms with van der Waals surface area (Å²) in [5.41, 5.74) is 1.68. The van der Waals surface area contributed by atoms with Crippen LogP contribution in [-0.4, -0.2) is 29.4 Å². The molecule has 2 heterocycles. The predicted octanol–water partition coefficient (Wildman–Crippen LogP) is 3.56. The van der Waals surface area contributed by atoms with Crippen molar-refractivity contribution in [3.8, 4) is 5.75 Å². The molecule has 0 unspecified atom stereocenters. The van der Waals surface area contributed by atoms with E-state index in [9.17, 15) is 14.4 Å². The van der Waals surface area contributed by atoms with Crippen molar-refractivity contribution < 1.29 is 23.5 Å². The molecule has 0 spiro atoms. The smallest absolute Gasteiger partial charge is 0.340 e. The quantitative estimate of drug-likeness (QED) is 0.397. The van der Waals surface area contributed by atoms with E-state index in [1.807, 2.05) is 0 Å². The predicted molar refractivity (Wildman–Crippen MR) is 103 cm³/mol. The van der Waals surface area contributed by atoms with Gasteiger partial charge in [0.15, 0.2) is 6.10 Å². The van der Waals surface area contributed by atoms with E-state index in [2.05, 4.69) is 4.98 Å². The van der Waals surface area contributed by atoms with Gasteiger partial charge in [-0.3, -0.25) is 4.79 Å². The summed E-state index contributed by atoms with van der Waals surface area (Å²) >= 11 is 0. The Kier molecular flexibility index (Phi) is 5.35. The number of aromatic amines is 1. The number of esters is 1. The fourth-order valence-electron chi connectivity index (χ4n) is 3.08. The summed E-state index contributed by atoms with van der Waals surface area (Å²) in [6, 6.07) is 8.00. The maximum atomic E-state index is 12.9. The highest BCUT2D eigenvalue weighted by Crippen LogP contribution is 2.24. The van der Waals surface area contributed by atoms with Crippen LogP contribution in [0, 0.1) is 13.8 Å². The van der Waals surface area contributed by atoms with E-state index < -0.39 is 17.7 Å². The lowest BCUT2D eigenvalue weighted by atomic mass is 10.1. The first kappa shape index (κ1) is 19.4. The van der Waals surface area contributed by atoms with Crippen molar-refractivity contribution in [2.45, 2.75) is 33.8 Å². The first-order valence-corrected chi connectivity index (χ1v) is 8.93. The zero-order valence-corrected chi connectivity index (χ0v) is 16.1. The maximum Gasteiger partial charge on any atom is 0.340 e. The molecule has 3 aromatic rings. The van der Waals surface area contributed by atoms with Gasteiger partial charge in [0, 0.05) is 23.2 Å². The topological polar surface area (TPSA) is 98.6 Å². The molecule has 146 valence electrons. The van der Waals surface area contributed by atoms with Crippen molar-refractivity contribution in [1.82, 2.24) is 4.98 Å². The van der Waals surface area contributed by atoms with Crippen LogP contribution < -0.4 is 10.4 Å². The number of carbonyl (C=O) groups excluding carboxylic acids is 2. The molecular weight excluding hydrogens is 362 g/mol. The highest BCUT2D eigenvalue weighted by Gasteiger charge is 2.26. The van der Waals surface area contributed by atoms with Gasteiger partial charge >= 0.3 is 11.6 Å². The Hall–Kier alpha value is -3.35. The monoisotopic (exact) mass is 383 g/mol. The zero-order chi connectivity index (χ0) is 20.4. The Bertz CT molecular complexity index is 1110. The van der Waals surface area contributed by atoms with Gasteiger partial charge in [0.1, 0.15) is 11.3 Å². The Morgan fingerprint density at radius 2 is 1.89 bits per heavy atom. The minimum Gasteiger partial charge on any atom is -0.482 e. The van der Waals surface area contributed by atoms with Gasteiger partial charge in [-0.15, -0.1) is 0 Å². The third kappa shape index (κ3) is 3.69. The van der Waals surface area contributed by atoms with Gasteiger partial charge in [-0.1, -0.05) is 0 Å². The molecule has 1 atom stereocenters. The second-order valence-electron chi connectivity index (χ2n) is 6.42. The van der Waals surface area contributed by atoms with Crippen LogP contribution in [0.5, 0.6) is 5.75 Å². The lowest BCUT2D eigenvalue weighted by Gasteiger charge is -2.14. The van der Waals surface area contributed by atoms with Crippen LogP contribution in [0.3, 0.4) is 0 Å². The number of fused-ring (bicyclic) bond motifs is 1. The fraction of sp³-hybridized carbons (Fsp3) is 0.286. The molecule has 0 saturated carbocycles. The van der Waals surface area contributed by atoms with Crippen molar-refractivity contribution in [3.05, 3.63) is 63.3 Å². The van der Waals surface area contributed by atoms with Crippen molar-refractivity contribution in [2.24, 2.45) is 0 Å². The van der Waals surface area contributed by atoms with Gasteiger partial charge in [-0.05, 0) is 51.5 Å². The van der Waals surface area contributed by atoms with Gasteiger partial charge in [0.05, 0.1) is 17.9 Å².